The summed E-state index contributed by atoms with van der Waals surface area (Å²) in [5.74, 6) is -1.13. The first-order valence-corrected chi connectivity index (χ1v) is 7.38. The summed E-state index contributed by atoms with van der Waals surface area (Å²) in [6.45, 7) is 4.94. The van der Waals surface area contributed by atoms with Gasteiger partial charge in [0.2, 0.25) is 0 Å². The number of aliphatic carboxylic acids is 1. The molecule has 0 unspecified atom stereocenters. The summed E-state index contributed by atoms with van der Waals surface area (Å²) in [7, 11) is 0. The van der Waals surface area contributed by atoms with Crippen molar-refractivity contribution in [2.45, 2.75) is 26.8 Å². The number of benzene rings is 1. The lowest BCUT2D eigenvalue weighted by molar-refractivity contribution is -0.145. The molecule has 0 heterocycles. The van der Waals surface area contributed by atoms with Gasteiger partial charge in [-0.25, -0.2) is 4.79 Å². The van der Waals surface area contributed by atoms with Gasteiger partial charge in [0, 0.05) is 5.02 Å². The summed E-state index contributed by atoms with van der Waals surface area (Å²) in [5.41, 5.74) is -0.595. The highest BCUT2D eigenvalue weighted by Crippen LogP contribution is 2.28. The Morgan fingerprint density at radius 2 is 2.05 bits per heavy atom. The standard InChI is InChI=1S/C14H17BrClNO4/c1-14(2,3)12(13(19)20)17-11(18)7-21-10-5-4-8(16)6-9(10)15/h4-6,12H,7H2,1-3H3,(H,17,18)(H,19,20)/t12-/m0/s1. The van der Waals surface area contributed by atoms with E-state index in [-0.39, 0.29) is 6.61 Å². The number of hydrogen-bond acceptors (Lipinski definition) is 3. The third kappa shape index (κ3) is 5.55. The first-order chi connectivity index (χ1) is 9.61. The van der Waals surface area contributed by atoms with Crippen LogP contribution in [0.25, 0.3) is 0 Å². The minimum absolute atomic E-state index is 0.278. The van der Waals surface area contributed by atoms with Crippen molar-refractivity contribution < 1.29 is 19.4 Å². The minimum atomic E-state index is -1.08. The number of carboxylic acids is 1. The largest absolute Gasteiger partial charge is 0.483 e. The predicted octanol–water partition coefficient (Wildman–Crippen LogP) is 3.10. The van der Waals surface area contributed by atoms with Crippen LogP contribution in [0.4, 0.5) is 0 Å². The van der Waals surface area contributed by atoms with Gasteiger partial charge in [0.25, 0.3) is 5.91 Å². The molecular weight excluding hydrogens is 362 g/mol. The van der Waals surface area contributed by atoms with Crippen molar-refractivity contribution in [1.82, 2.24) is 5.32 Å². The molecule has 0 radical (unpaired) electrons. The molecule has 0 aliphatic heterocycles. The van der Waals surface area contributed by atoms with E-state index >= 15 is 0 Å². The minimum Gasteiger partial charge on any atom is -0.483 e. The fourth-order valence-corrected chi connectivity index (χ4v) is 2.38. The number of ether oxygens (including phenoxy) is 1. The molecule has 1 amide bonds. The zero-order valence-corrected chi connectivity index (χ0v) is 14.3. The summed E-state index contributed by atoms with van der Waals surface area (Å²) in [5, 5.41) is 12.1. The molecule has 0 saturated heterocycles. The molecule has 21 heavy (non-hydrogen) atoms. The Labute approximate surface area is 136 Å². The van der Waals surface area contributed by atoms with Gasteiger partial charge >= 0.3 is 5.97 Å². The van der Waals surface area contributed by atoms with E-state index < -0.39 is 23.3 Å². The van der Waals surface area contributed by atoms with Crippen LogP contribution in [-0.2, 0) is 9.59 Å². The fraction of sp³-hybridized carbons (Fsp3) is 0.429. The van der Waals surface area contributed by atoms with Crippen LogP contribution >= 0.6 is 27.5 Å². The third-order valence-electron chi connectivity index (χ3n) is 2.67. The summed E-state index contributed by atoms with van der Waals surface area (Å²) < 4.78 is 5.96. The second kappa shape index (κ2) is 7.13. The van der Waals surface area contributed by atoms with Crippen LogP contribution in [0, 0.1) is 5.41 Å². The van der Waals surface area contributed by atoms with Crippen molar-refractivity contribution in [1.29, 1.82) is 0 Å². The van der Waals surface area contributed by atoms with Gasteiger partial charge in [-0.05, 0) is 39.5 Å². The molecule has 1 rings (SSSR count). The quantitative estimate of drug-likeness (QED) is 0.825. The molecule has 0 aliphatic rings. The maximum atomic E-state index is 11.8. The number of nitrogens with one attached hydrogen (secondary N) is 1. The van der Waals surface area contributed by atoms with Gasteiger partial charge in [0.1, 0.15) is 11.8 Å². The van der Waals surface area contributed by atoms with Crippen LogP contribution in [0.3, 0.4) is 0 Å². The van der Waals surface area contributed by atoms with Gasteiger partial charge in [-0.3, -0.25) is 4.79 Å². The van der Waals surface area contributed by atoms with Crippen molar-refractivity contribution in [2.24, 2.45) is 5.41 Å². The SMILES string of the molecule is CC(C)(C)[C@@H](NC(=O)COc1ccc(Cl)cc1Br)C(=O)O. The molecular formula is C14H17BrClNO4. The Hall–Kier alpha value is -1.27. The Morgan fingerprint density at radius 3 is 2.52 bits per heavy atom. The molecule has 116 valence electrons. The van der Waals surface area contributed by atoms with Crippen LogP contribution in [0.1, 0.15) is 20.8 Å². The number of carbonyl (C=O) groups is 2. The van der Waals surface area contributed by atoms with Crippen molar-refractivity contribution >= 4 is 39.4 Å². The van der Waals surface area contributed by atoms with E-state index in [2.05, 4.69) is 21.2 Å². The van der Waals surface area contributed by atoms with Crippen LogP contribution in [0.15, 0.2) is 22.7 Å². The van der Waals surface area contributed by atoms with Gasteiger partial charge in [-0.15, -0.1) is 0 Å². The molecule has 0 spiro atoms. The Kier molecular flexibility index (Phi) is 6.04. The van der Waals surface area contributed by atoms with E-state index in [1.807, 2.05) is 0 Å². The van der Waals surface area contributed by atoms with Crippen molar-refractivity contribution in [3.05, 3.63) is 27.7 Å². The normalized spacial score (nSPS) is 12.6. The summed E-state index contributed by atoms with van der Waals surface area (Å²) >= 11 is 9.07. The van der Waals surface area contributed by atoms with Crippen molar-refractivity contribution in [2.75, 3.05) is 6.61 Å². The average Bonchev–Trinajstić information content (AvgIpc) is 2.33. The van der Waals surface area contributed by atoms with E-state index in [0.717, 1.165) is 0 Å². The molecule has 0 saturated carbocycles. The maximum Gasteiger partial charge on any atom is 0.326 e. The highest BCUT2D eigenvalue weighted by atomic mass is 79.9. The molecule has 0 fully saturated rings. The maximum absolute atomic E-state index is 11.8. The zero-order chi connectivity index (χ0) is 16.2. The van der Waals surface area contributed by atoms with Gasteiger partial charge in [-0.1, -0.05) is 32.4 Å². The van der Waals surface area contributed by atoms with Gasteiger partial charge in [0.05, 0.1) is 4.47 Å². The molecule has 0 aromatic heterocycles. The average molecular weight is 379 g/mol. The van der Waals surface area contributed by atoms with E-state index in [9.17, 15) is 9.59 Å². The first kappa shape index (κ1) is 17.8. The number of amides is 1. The molecule has 1 atom stereocenters. The van der Waals surface area contributed by atoms with Gasteiger partial charge < -0.3 is 15.2 Å². The molecule has 0 bridgehead atoms. The molecule has 2 N–H and O–H groups in total. The number of carbonyl (C=O) groups excluding carboxylic acids is 1. The first-order valence-electron chi connectivity index (χ1n) is 6.21. The van der Waals surface area contributed by atoms with Crippen molar-refractivity contribution in [3.8, 4) is 5.75 Å². The Balaban J connectivity index is 2.63. The van der Waals surface area contributed by atoms with E-state index in [0.29, 0.717) is 15.2 Å². The molecule has 7 heteroatoms. The number of hydrogen-bond donors (Lipinski definition) is 2. The Bertz CT molecular complexity index is 542. The summed E-state index contributed by atoms with van der Waals surface area (Å²) in [4.78, 5) is 23.0. The third-order valence-corrected chi connectivity index (χ3v) is 3.53. The lowest BCUT2D eigenvalue weighted by atomic mass is 9.87. The van der Waals surface area contributed by atoms with Crippen molar-refractivity contribution in [3.63, 3.8) is 0 Å². The Morgan fingerprint density at radius 1 is 1.43 bits per heavy atom. The van der Waals surface area contributed by atoms with Gasteiger partial charge in [-0.2, -0.15) is 0 Å². The monoisotopic (exact) mass is 377 g/mol. The van der Waals surface area contributed by atoms with Crippen LogP contribution in [0.2, 0.25) is 5.02 Å². The predicted molar refractivity (Wildman–Crippen MR) is 83.7 cm³/mol. The smallest absolute Gasteiger partial charge is 0.326 e. The van der Waals surface area contributed by atoms with Crippen LogP contribution in [-0.4, -0.2) is 29.6 Å². The number of rotatable bonds is 5. The number of carboxylic acid groups (broad SMARTS) is 1. The fourth-order valence-electron chi connectivity index (χ4n) is 1.59. The van der Waals surface area contributed by atoms with Crippen LogP contribution in [0.5, 0.6) is 5.75 Å². The van der Waals surface area contributed by atoms with E-state index in [1.165, 1.54) is 0 Å². The summed E-state index contributed by atoms with van der Waals surface area (Å²) in [6.07, 6.45) is 0. The van der Waals surface area contributed by atoms with Gasteiger partial charge in [0.15, 0.2) is 6.61 Å². The topological polar surface area (TPSA) is 75.6 Å². The summed E-state index contributed by atoms with van der Waals surface area (Å²) in [6, 6.07) is 3.92. The second-order valence-corrected chi connectivity index (χ2v) is 6.86. The lowest BCUT2D eigenvalue weighted by Gasteiger charge is -2.27. The number of halogens is 2. The molecule has 1 aromatic rings. The molecule has 5 nitrogen and oxygen atoms in total. The second-order valence-electron chi connectivity index (χ2n) is 5.57. The van der Waals surface area contributed by atoms with E-state index in [4.69, 9.17) is 21.4 Å². The zero-order valence-electron chi connectivity index (χ0n) is 11.9. The van der Waals surface area contributed by atoms with E-state index in [1.54, 1.807) is 39.0 Å². The molecule has 1 aromatic carbocycles. The van der Waals surface area contributed by atoms with Crippen LogP contribution < -0.4 is 10.1 Å². The highest BCUT2D eigenvalue weighted by molar-refractivity contribution is 9.10. The highest BCUT2D eigenvalue weighted by Gasteiger charge is 2.32. The molecule has 0 aliphatic carbocycles. The lowest BCUT2D eigenvalue weighted by Crippen LogP contribution is -2.50.